The molecule has 4 rings (SSSR count). The van der Waals surface area contributed by atoms with Gasteiger partial charge in [-0.25, -0.2) is 0 Å². The number of hydrogen-bond acceptors (Lipinski definition) is 5. The van der Waals surface area contributed by atoms with E-state index in [1.165, 1.54) is 17.7 Å². The molecule has 0 aliphatic rings. The number of aromatic nitrogens is 2. The van der Waals surface area contributed by atoms with Crippen LogP contribution in [0.1, 0.15) is 11.1 Å². The van der Waals surface area contributed by atoms with Gasteiger partial charge >= 0.3 is 0 Å². The van der Waals surface area contributed by atoms with Gasteiger partial charge < -0.3 is 4.74 Å². The molecule has 0 amide bonds. The minimum atomic E-state index is -0.422. The Morgan fingerprint density at radius 1 is 0.929 bits per heavy atom. The van der Waals surface area contributed by atoms with Crippen LogP contribution in [0, 0.1) is 17.0 Å². The average molecular weight is 371 g/mol. The molecule has 3 aromatic carbocycles. The molecule has 0 radical (unpaired) electrons. The standard InChI is InChI=1S/C22H17N3O3/c1-15-9-11-17(12-10-15)21-19-7-2-3-8-20(19)22(24-23-21)28-14-16-5-4-6-18(13-16)25(26)27/h2-13H,14H2,1H3. The molecule has 1 aromatic heterocycles. The number of rotatable bonds is 5. The van der Waals surface area contributed by atoms with Gasteiger partial charge in [0.1, 0.15) is 12.3 Å². The number of aryl methyl sites for hydroxylation is 1. The fraction of sp³-hybridized carbons (Fsp3) is 0.0909. The minimum absolute atomic E-state index is 0.0340. The van der Waals surface area contributed by atoms with E-state index in [1.54, 1.807) is 12.1 Å². The number of nitrogens with zero attached hydrogens (tertiary/aromatic N) is 3. The highest BCUT2D eigenvalue weighted by atomic mass is 16.6. The van der Waals surface area contributed by atoms with E-state index in [4.69, 9.17) is 4.74 Å². The monoisotopic (exact) mass is 371 g/mol. The predicted octanol–water partition coefficient (Wildman–Crippen LogP) is 5.09. The number of fused-ring (bicyclic) bond motifs is 1. The first-order valence-corrected chi connectivity index (χ1v) is 8.80. The zero-order chi connectivity index (χ0) is 19.5. The van der Waals surface area contributed by atoms with Crippen molar-refractivity contribution in [2.45, 2.75) is 13.5 Å². The molecule has 0 aliphatic carbocycles. The van der Waals surface area contributed by atoms with Gasteiger partial charge in [0.15, 0.2) is 0 Å². The van der Waals surface area contributed by atoms with E-state index in [0.29, 0.717) is 11.4 Å². The summed E-state index contributed by atoms with van der Waals surface area (Å²) in [6.45, 7) is 2.21. The second-order valence-electron chi connectivity index (χ2n) is 6.48. The summed E-state index contributed by atoms with van der Waals surface area (Å²) < 4.78 is 5.85. The maximum Gasteiger partial charge on any atom is 0.269 e. The molecule has 0 unspecified atom stereocenters. The fourth-order valence-corrected chi connectivity index (χ4v) is 3.02. The van der Waals surface area contributed by atoms with Crippen LogP contribution in [0.15, 0.2) is 72.8 Å². The van der Waals surface area contributed by atoms with Crippen LogP contribution in [0.25, 0.3) is 22.0 Å². The van der Waals surface area contributed by atoms with Gasteiger partial charge in [-0.15, -0.1) is 10.2 Å². The van der Waals surface area contributed by atoms with Crippen molar-refractivity contribution in [2.24, 2.45) is 0 Å². The van der Waals surface area contributed by atoms with E-state index in [9.17, 15) is 10.1 Å². The number of benzene rings is 3. The molecular weight excluding hydrogens is 354 g/mol. The van der Waals surface area contributed by atoms with Gasteiger partial charge in [-0.1, -0.05) is 60.2 Å². The van der Waals surface area contributed by atoms with Gasteiger partial charge in [-0.3, -0.25) is 10.1 Å². The predicted molar refractivity (Wildman–Crippen MR) is 107 cm³/mol. The molecule has 0 bridgehead atoms. The zero-order valence-corrected chi connectivity index (χ0v) is 15.2. The van der Waals surface area contributed by atoms with E-state index < -0.39 is 4.92 Å². The van der Waals surface area contributed by atoms with Crippen molar-refractivity contribution in [3.8, 4) is 17.1 Å². The van der Waals surface area contributed by atoms with E-state index in [2.05, 4.69) is 10.2 Å². The molecular formula is C22H17N3O3. The zero-order valence-electron chi connectivity index (χ0n) is 15.2. The van der Waals surface area contributed by atoms with Gasteiger partial charge in [0.25, 0.3) is 5.69 Å². The third kappa shape index (κ3) is 3.53. The number of nitro benzene ring substituents is 1. The molecule has 0 atom stereocenters. The normalized spacial score (nSPS) is 10.8. The first-order chi connectivity index (χ1) is 13.6. The molecule has 0 spiro atoms. The second-order valence-corrected chi connectivity index (χ2v) is 6.48. The van der Waals surface area contributed by atoms with E-state index in [1.807, 2.05) is 55.5 Å². The maximum atomic E-state index is 10.9. The summed E-state index contributed by atoms with van der Waals surface area (Å²) in [4.78, 5) is 10.5. The third-order valence-corrected chi connectivity index (χ3v) is 4.48. The van der Waals surface area contributed by atoms with Crippen LogP contribution < -0.4 is 4.74 Å². The Labute approximate surface area is 161 Å². The number of non-ortho nitro benzene ring substituents is 1. The van der Waals surface area contributed by atoms with Gasteiger partial charge in [0, 0.05) is 28.5 Å². The molecule has 28 heavy (non-hydrogen) atoms. The fourth-order valence-electron chi connectivity index (χ4n) is 3.02. The highest BCUT2D eigenvalue weighted by Crippen LogP contribution is 2.31. The highest BCUT2D eigenvalue weighted by molar-refractivity contribution is 5.96. The summed E-state index contributed by atoms with van der Waals surface area (Å²) in [7, 11) is 0. The SMILES string of the molecule is Cc1ccc(-c2nnc(OCc3cccc([N+](=O)[O-])c3)c3ccccc23)cc1. The number of ether oxygens (including phenoxy) is 1. The van der Waals surface area contributed by atoms with Crippen LogP contribution in [0.3, 0.4) is 0 Å². The first kappa shape index (κ1) is 17.6. The topological polar surface area (TPSA) is 78.2 Å². The van der Waals surface area contributed by atoms with Crippen LogP contribution in [0.4, 0.5) is 5.69 Å². The van der Waals surface area contributed by atoms with Crippen LogP contribution in [-0.2, 0) is 6.61 Å². The van der Waals surface area contributed by atoms with Crippen molar-refractivity contribution >= 4 is 16.5 Å². The first-order valence-electron chi connectivity index (χ1n) is 8.80. The van der Waals surface area contributed by atoms with Crippen molar-refractivity contribution in [3.63, 3.8) is 0 Å². The Morgan fingerprint density at radius 3 is 2.43 bits per heavy atom. The lowest BCUT2D eigenvalue weighted by Gasteiger charge is -2.11. The van der Waals surface area contributed by atoms with Crippen LogP contribution in [0.5, 0.6) is 5.88 Å². The summed E-state index contributed by atoms with van der Waals surface area (Å²) in [5.41, 5.74) is 3.69. The Morgan fingerprint density at radius 2 is 1.68 bits per heavy atom. The van der Waals surface area contributed by atoms with Gasteiger partial charge in [0.2, 0.25) is 5.88 Å². The van der Waals surface area contributed by atoms with Crippen molar-refractivity contribution in [2.75, 3.05) is 0 Å². The van der Waals surface area contributed by atoms with Crippen molar-refractivity contribution in [3.05, 3.63) is 94.0 Å². The number of hydrogen-bond donors (Lipinski definition) is 0. The van der Waals surface area contributed by atoms with Crippen molar-refractivity contribution in [1.29, 1.82) is 0 Å². The second kappa shape index (κ2) is 7.44. The smallest absolute Gasteiger partial charge is 0.269 e. The Bertz CT molecular complexity index is 1160. The van der Waals surface area contributed by atoms with E-state index >= 15 is 0 Å². The summed E-state index contributed by atoms with van der Waals surface area (Å²) in [5.74, 6) is 0.401. The van der Waals surface area contributed by atoms with Crippen LogP contribution in [-0.4, -0.2) is 15.1 Å². The Hall–Kier alpha value is -3.80. The van der Waals surface area contributed by atoms with E-state index in [-0.39, 0.29) is 12.3 Å². The van der Waals surface area contributed by atoms with Crippen molar-refractivity contribution < 1.29 is 9.66 Å². The molecule has 6 nitrogen and oxygen atoms in total. The summed E-state index contributed by atoms with van der Waals surface area (Å²) in [6, 6.07) is 22.3. The van der Waals surface area contributed by atoms with Gasteiger partial charge in [-0.2, -0.15) is 0 Å². The Kier molecular flexibility index (Phi) is 4.68. The summed E-state index contributed by atoms with van der Waals surface area (Å²) >= 11 is 0. The molecule has 0 fully saturated rings. The lowest BCUT2D eigenvalue weighted by atomic mass is 10.0. The minimum Gasteiger partial charge on any atom is -0.471 e. The molecule has 4 aromatic rings. The lowest BCUT2D eigenvalue weighted by Crippen LogP contribution is -2.01. The van der Waals surface area contributed by atoms with Gasteiger partial charge in [0.05, 0.1) is 4.92 Å². The molecule has 0 saturated heterocycles. The quantitative estimate of drug-likeness (QED) is 0.360. The highest BCUT2D eigenvalue weighted by Gasteiger charge is 2.12. The van der Waals surface area contributed by atoms with Crippen molar-refractivity contribution in [1.82, 2.24) is 10.2 Å². The van der Waals surface area contributed by atoms with Crippen LogP contribution in [0.2, 0.25) is 0 Å². The average Bonchev–Trinajstić information content (AvgIpc) is 2.73. The van der Waals surface area contributed by atoms with Gasteiger partial charge in [-0.05, 0) is 18.6 Å². The summed E-state index contributed by atoms with van der Waals surface area (Å²) in [6.07, 6.45) is 0. The lowest BCUT2D eigenvalue weighted by molar-refractivity contribution is -0.384. The van der Waals surface area contributed by atoms with E-state index in [0.717, 1.165) is 22.0 Å². The molecule has 0 saturated carbocycles. The third-order valence-electron chi connectivity index (χ3n) is 4.48. The Balaban J connectivity index is 1.67. The maximum absolute atomic E-state index is 10.9. The molecule has 0 aliphatic heterocycles. The van der Waals surface area contributed by atoms with Crippen LogP contribution >= 0.6 is 0 Å². The molecule has 0 N–H and O–H groups in total. The molecule has 138 valence electrons. The number of nitro groups is 1. The largest absolute Gasteiger partial charge is 0.471 e. The molecule has 6 heteroatoms. The summed E-state index contributed by atoms with van der Waals surface area (Å²) in [5, 5.41) is 21.4. The molecule has 1 heterocycles.